The Bertz CT molecular complexity index is 178. The van der Waals surface area contributed by atoms with E-state index < -0.39 is 0 Å². The molecule has 1 saturated heterocycles. The number of rotatable bonds is 0. The van der Waals surface area contributed by atoms with Gasteiger partial charge in [0.2, 0.25) is 0 Å². The summed E-state index contributed by atoms with van der Waals surface area (Å²) in [6.07, 6.45) is 8.16. The molecule has 1 saturated carbocycles. The average Bonchev–Trinajstić information content (AvgIpc) is 2.43. The highest BCUT2D eigenvalue weighted by atomic mass is 15.1. The summed E-state index contributed by atoms with van der Waals surface area (Å²) in [5.41, 5.74) is 0. The minimum absolute atomic E-state index is 0.918. The van der Waals surface area contributed by atoms with Crippen molar-refractivity contribution < 1.29 is 0 Å². The van der Waals surface area contributed by atoms with E-state index in [1.54, 1.807) is 0 Å². The van der Waals surface area contributed by atoms with Gasteiger partial charge in [0.15, 0.2) is 0 Å². The fourth-order valence-electron chi connectivity index (χ4n) is 2.71. The molecule has 0 spiro atoms. The third-order valence-electron chi connectivity index (χ3n) is 3.17. The largest absolute Gasteiger partial charge is 0.332 e. The van der Waals surface area contributed by atoms with Crippen molar-refractivity contribution in [3.63, 3.8) is 0 Å². The van der Waals surface area contributed by atoms with Crippen LogP contribution in [0.3, 0.4) is 0 Å². The van der Waals surface area contributed by atoms with Crippen LogP contribution in [-0.4, -0.2) is 18.0 Å². The van der Waals surface area contributed by atoms with Crippen molar-refractivity contribution in [2.75, 3.05) is 13.1 Å². The van der Waals surface area contributed by atoms with Crippen molar-refractivity contribution in [3.05, 3.63) is 0 Å². The molecule has 1 aliphatic heterocycles. The van der Waals surface area contributed by atoms with Crippen LogP contribution in [0.5, 0.6) is 0 Å². The molecule has 2 fully saturated rings. The SMILES string of the molecule is C#CN1CC2CC(C)CC2C1. The standard InChI is InChI=1S/C10H15N/c1-3-11-6-9-4-8(2)5-10(9)7-11/h1,8-10H,4-7H2,2H3. The van der Waals surface area contributed by atoms with Crippen molar-refractivity contribution in [3.8, 4) is 12.5 Å². The molecule has 1 aliphatic carbocycles. The first-order valence-corrected chi connectivity index (χ1v) is 4.50. The van der Waals surface area contributed by atoms with Gasteiger partial charge in [-0.05, 0) is 30.6 Å². The zero-order chi connectivity index (χ0) is 7.84. The molecule has 0 aromatic rings. The van der Waals surface area contributed by atoms with Crippen molar-refractivity contribution in [2.45, 2.75) is 19.8 Å². The fourth-order valence-corrected chi connectivity index (χ4v) is 2.71. The smallest absolute Gasteiger partial charge is 0.0292 e. The van der Waals surface area contributed by atoms with Crippen molar-refractivity contribution in [1.29, 1.82) is 0 Å². The number of hydrogen-bond donors (Lipinski definition) is 0. The lowest BCUT2D eigenvalue weighted by molar-refractivity contribution is 0.414. The van der Waals surface area contributed by atoms with Gasteiger partial charge in [-0.25, -0.2) is 0 Å². The fraction of sp³-hybridized carbons (Fsp3) is 0.800. The van der Waals surface area contributed by atoms with E-state index in [4.69, 9.17) is 6.42 Å². The zero-order valence-electron chi connectivity index (χ0n) is 7.09. The minimum Gasteiger partial charge on any atom is -0.332 e. The molecular weight excluding hydrogens is 134 g/mol. The van der Waals surface area contributed by atoms with E-state index in [1.165, 1.54) is 12.8 Å². The summed E-state index contributed by atoms with van der Waals surface area (Å²) in [7, 11) is 0. The first kappa shape index (κ1) is 7.03. The van der Waals surface area contributed by atoms with Crippen LogP contribution in [0, 0.1) is 30.2 Å². The first-order chi connectivity index (χ1) is 5.29. The van der Waals surface area contributed by atoms with Gasteiger partial charge >= 0.3 is 0 Å². The molecule has 2 aliphatic rings. The lowest BCUT2D eigenvalue weighted by Gasteiger charge is -2.11. The Morgan fingerprint density at radius 3 is 2.27 bits per heavy atom. The van der Waals surface area contributed by atoms with E-state index in [9.17, 15) is 0 Å². The predicted octanol–water partition coefficient (Wildman–Crippen LogP) is 1.56. The summed E-state index contributed by atoms with van der Waals surface area (Å²) in [5.74, 6) is 2.78. The highest BCUT2D eigenvalue weighted by Crippen LogP contribution is 2.40. The maximum atomic E-state index is 5.35. The van der Waals surface area contributed by atoms with E-state index in [0.717, 1.165) is 30.8 Å². The van der Waals surface area contributed by atoms with Crippen LogP contribution in [0.15, 0.2) is 0 Å². The van der Waals surface area contributed by atoms with Crippen LogP contribution in [0.4, 0.5) is 0 Å². The van der Waals surface area contributed by atoms with Gasteiger partial charge in [-0.1, -0.05) is 13.3 Å². The molecule has 1 heteroatoms. The Morgan fingerprint density at radius 1 is 1.27 bits per heavy atom. The van der Waals surface area contributed by atoms with Crippen LogP contribution in [0.1, 0.15) is 19.8 Å². The lowest BCUT2D eigenvalue weighted by atomic mass is 10.0. The van der Waals surface area contributed by atoms with Gasteiger partial charge in [0, 0.05) is 19.1 Å². The summed E-state index contributed by atoms with van der Waals surface area (Å²) in [5, 5.41) is 0. The molecule has 0 amide bonds. The normalized spacial score (nSPS) is 42.2. The molecule has 60 valence electrons. The number of nitrogens with zero attached hydrogens (tertiary/aromatic N) is 1. The molecule has 0 bridgehead atoms. The van der Waals surface area contributed by atoms with Gasteiger partial charge in [0.05, 0.1) is 0 Å². The second kappa shape index (κ2) is 2.44. The van der Waals surface area contributed by atoms with Gasteiger partial charge in [-0.3, -0.25) is 0 Å². The highest BCUT2D eigenvalue weighted by Gasteiger charge is 2.38. The van der Waals surface area contributed by atoms with Gasteiger partial charge in [-0.2, -0.15) is 0 Å². The third-order valence-corrected chi connectivity index (χ3v) is 3.17. The van der Waals surface area contributed by atoms with Gasteiger partial charge in [0.25, 0.3) is 0 Å². The molecule has 2 rings (SSSR count). The zero-order valence-corrected chi connectivity index (χ0v) is 7.09. The highest BCUT2D eigenvalue weighted by molar-refractivity contribution is 4.98. The lowest BCUT2D eigenvalue weighted by Crippen LogP contribution is -2.15. The molecular formula is C10H15N. The Labute approximate surface area is 68.8 Å². The van der Waals surface area contributed by atoms with Crippen LogP contribution < -0.4 is 0 Å². The maximum Gasteiger partial charge on any atom is 0.0292 e. The monoisotopic (exact) mass is 149 g/mol. The number of terminal acetylenes is 1. The van der Waals surface area contributed by atoms with Gasteiger partial charge in [0.1, 0.15) is 0 Å². The second-order valence-corrected chi connectivity index (χ2v) is 4.13. The molecule has 0 radical (unpaired) electrons. The third kappa shape index (κ3) is 1.11. The Morgan fingerprint density at radius 2 is 1.82 bits per heavy atom. The molecule has 0 N–H and O–H groups in total. The number of likely N-dealkylation sites (tertiary alicyclic amines) is 1. The Balaban J connectivity index is 2.00. The molecule has 2 atom stereocenters. The van der Waals surface area contributed by atoms with Crippen LogP contribution >= 0.6 is 0 Å². The van der Waals surface area contributed by atoms with Crippen molar-refractivity contribution in [2.24, 2.45) is 17.8 Å². The maximum absolute atomic E-state index is 5.35. The Hall–Kier alpha value is -0.640. The van der Waals surface area contributed by atoms with Gasteiger partial charge in [-0.15, -0.1) is 0 Å². The number of fused-ring (bicyclic) bond motifs is 1. The quantitative estimate of drug-likeness (QED) is 0.472. The van der Waals surface area contributed by atoms with Crippen molar-refractivity contribution >= 4 is 0 Å². The predicted molar refractivity (Wildman–Crippen MR) is 45.8 cm³/mol. The van der Waals surface area contributed by atoms with Crippen LogP contribution in [0.2, 0.25) is 0 Å². The number of hydrogen-bond acceptors (Lipinski definition) is 1. The summed E-state index contributed by atoms with van der Waals surface area (Å²) < 4.78 is 0. The Kier molecular flexibility index (Phi) is 1.56. The topological polar surface area (TPSA) is 3.24 Å². The molecule has 1 nitrogen and oxygen atoms in total. The average molecular weight is 149 g/mol. The van der Waals surface area contributed by atoms with E-state index in [1.807, 2.05) is 0 Å². The first-order valence-electron chi connectivity index (χ1n) is 4.50. The van der Waals surface area contributed by atoms with E-state index in [0.29, 0.717) is 0 Å². The van der Waals surface area contributed by atoms with Gasteiger partial charge < -0.3 is 4.90 Å². The van der Waals surface area contributed by atoms with E-state index in [-0.39, 0.29) is 0 Å². The molecule has 11 heavy (non-hydrogen) atoms. The van der Waals surface area contributed by atoms with Crippen LogP contribution in [0.25, 0.3) is 0 Å². The summed E-state index contributed by atoms with van der Waals surface area (Å²) in [6.45, 7) is 4.68. The summed E-state index contributed by atoms with van der Waals surface area (Å²) >= 11 is 0. The van der Waals surface area contributed by atoms with E-state index >= 15 is 0 Å². The minimum atomic E-state index is 0.918. The second-order valence-electron chi connectivity index (χ2n) is 4.13. The molecule has 0 aromatic carbocycles. The van der Waals surface area contributed by atoms with Crippen molar-refractivity contribution in [1.82, 2.24) is 4.90 Å². The molecule has 1 heterocycles. The molecule has 0 aromatic heterocycles. The summed E-state index contributed by atoms with van der Waals surface area (Å²) in [4.78, 5) is 2.14. The molecule has 2 unspecified atom stereocenters. The van der Waals surface area contributed by atoms with Crippen LogP contribution in [-0.2, 0) is 0 Å². The van der Waals surface area contributed by atoms with E-state index in [2.05, 4.69) is 17.9 Å². The summed E-state index contributed by atoms with van der Waals surface area (Å²) in [6, 6.07) is 2.74.